The van der Waals surface area contributed by atoms with Crippen molar-refractivity contribution >= 4 is 11.8 Å². The van der Waals surface area contributed by atoms with Crippen LogP contribution in [0.5, 0.6) is 0 Å². The maximum Gasteiger partial charge on any atom is 0.137 e. The number of rotatable bonds is 5. The van der Waals surface area contributed by atoms with Crippen molar-refractivity contribution in [3.8, 4) is 6.07 Å². The van der Waals surface area contributed by atoms with Crippen molar-refractivity contribution in [2.75, 3.05) is 19.5 Å². The molecule has 74 valence electrons. The minimum Gasteiger partial charge on any atom is -0.385 e. The third kappa shape index (κ3) is 3.32. The molecule has 0 radical (unpaired) electrons. The fourth-order valence-corrected chi connectivity index (χ4v) is 1.71. The highest BCUT2D eigenvalue weighted by Crippen LogP contribution is 2.18. The lowest BCUT2D eigenvalue weighted by atomic mass is 10.3. The summed E-state index contributed by atoms with van der Waals surface area (Å²) in [6.45, 7) is 0.731. The Kier molecular flexibility index (Phi) is 4.97. The number of nitriles is 1. The molecule has 0 fully saturated rings. The summed E-state index contributed by atoms with van der Waals surface area (Å²) in [4.78, 5) is 0. The van der Waals surface area contributed by atoms with Gasteiger partial charge in [0.2, 0.25) is 0 Å². The van der Waals surface area contributed by atoms with Gasteiger partial charge in [0.1, 0.15) is 11.1 Å². The van der Waals surface area contributed by atoms with Crippen molar-refractivity contribution in [2.24, 2.45) is 0 Å². The van der Waals surface area contributed by atoms with Gasteiger partial charge in [-0.05, 0) is 12.5 Å². The highest BCUT2D eigenvalue weighted by atomic mass is 32.2. The van der Waals surface area contributed by atoms with Crippen LogP contribution in [-0.2, 0) is 4.74 Å². The number of thioether (sulfide) groups is 1. The SMILES string of the molecule is COCCCSc1nnccc1C#N. The third-order valence-electron chi connectivity index (χ3n) is 1.54. The molecule has 0 amide bonds. The van der Waals surface area contributed by atoms with E-state index in [1.807, 2.05) is 0 Å². The Labute approximate surface area is 87.3 Å². The molecule has 0 aliphatic heterocycles. The van der Waals surface area contributed by atoms with Gasteiger partial charge in [-0.15, -0.1) is 16.9 Å². The highest BCUT2D eigenvalue weighted by molar-refractivity contribution is 7.99. The van der Waals surface area contributed by atoms with Crippen LogP contribution in [0.3, 0.4) is 0 Å². The molecule has 5 heteroatoms. The third-order valence-corrected chi connectivity index (χ3v) is 2.61. The number of ether oxygens (including phenoxy) is 1. The van der Waals surface area contributed by atoms with E-state index >= 15 is 0 Å². The standard InChI is InChI=1S/C9H11N3OS/c1-13-5-2-6-14-9-8(7-10)3-4-11-12-9/h3-4H,2,5-6H2,1H3. The van der Waals surface area contributed by atoms with Crippen molar-refractivity contribution in [3.05, 3.63) is 17.8 Å². The Bertz CT molecular complexity index is 324. The Morgan fingerprint density at radius 2 is 2.50 bits per heavy atom. The van der Waals surface area contributed by atoms with Crippen LogP contribution in [0, 0.1) is 11.3 Å². The molecular formula is C9H11N3OS. The monoisotopic (exact) mass is 209 g/mol. The second-order valence-corrected chi connectivity index (χ2v) is 3.64. The molecule has 0 N–H and O–H groups in total. The smallest absolute Gasteiger partial charge is 0.137 e. The van der Waals surface area contributed by atoms with Crippen LogP contribution in [0.2, 0.25) is 0 Å². The molecule has 0 aliphatic rings. The molecular weight excluding hydrogens is 198 g/mol. The second kappa shape index (κ2) is 6.35. The van der Waals surface area contributed by atoms with E-state index in [2.05, 4.69) is 16.3 Å². The summed E-state index contributed by atoms with van der Waals surface area (Å²) < 4.78 is 4.92. The Balaban J connectivity index is 2.46. The van der Waals surface area contributed by atoms with Crippen molar-refractivity contribution in [3.63, 3.8) is 0 Å². The van der Waals surface area contributed by atoms with Gasteiger partial charge in [-0.25, -0.2) is 0 Å². The topological polar surface area (TPSA) is 58.8 Å². The zero-order valence-electron chi connectivity index (χ0n) is 7.93. The normalized spacial score (nSPS) is 9.71. The van der Waals surface area contributed by atoms with Gasteiger partial charge in [-0.2, -0.15) is 10.4 Å². The molecule has 0 saturated carbocycles. The quantitative estimate of drug-likeness (QED) is 0.543. The summed E-state index contributed by atoms with van der Waals surface area (Å²) in [5, 5.41) is 17.1. The first-order chi connectivity index (χ1) is 6.88. The first-order valence-corrected chi connectivity index (χ1v) is 5.20. The van der Waals surface area contributed by atoms with E-state index < -0.39 is 0 Å². The van der Waals surface area contributed by atoms with E-state index in [1.54, 1.807) is 13.2 Å². The molecule has 0 spiro atoms. The van der Waals surface area contributed by atoms with Gasteiger partial charge >= 0.3 is 0 Å². The zero-order valence-corrected chi connectivity index (χ0v) is 8.75. The molecule has 1 aromatic heterocycles. The molecule has 0 unspecified atom stereocenters. The average molecular weight is 209 g/mol. The van der Waals surface area contributed by atoms with Crippen LogP contribution >= 0.6 is 11.8 Å². The molecule has 0 atom stereocenters. The van der Waals surface area contributed by atoms with Gasteiger partial charge in [-0.1, -0.05) is 0 Å². The van der Waals surface area contributed by atoms with Crippen LogP contribution in [0.1, 0.15) is 12.0 Å². The highest BCUT2D eigenvalue weighted by Gasteiger charge is 2.03. The molecule has 1 rings (SSSR count). The summed E-state index contributed by atoms with van der Waals surface area (Å²) in [6.07, 6.45) is 2.47. The van der Waals surface area contributed by atoms with Gasteiger partial charge < -0.3 is 4.74 Å². The number of methoxy groups -OCH3 is 1. The minimum atomic E-state index is 0.586. The largest absolute Gasteiger partial charge is 0.385 e. The van der Waals surface area contributed by atoms with Gasteiger partial charge in [0.05, 0.1) is 11.8 Å². The molecule has 1 aromatic rings. The maximum absolute atomic E-state index is 8.77. The second-order valence-electron chi connectivity index (χ2n) is 2.56. The fraction of sp³-hybridized carbons (Fsp3) is 0.444. The van der Waals surface area contributed by atoms with Crippen LogP contribution < -0.4 is 0 Å². The average Bonchev–Trinajstić information content (AvgIpc) is 2.25. The molecule has 0 aromatic carbocycles. The van der Waals surface area contributed by atoms with Crippen molar-refractivity contribution in [2.45, 2.75) is 11.4 Å². The zero-order chi connectivity index (χ0) is 10.2. The molecule has 0 saturated heterocycles. The number of nitrogens with zero attached hydrogens (tertiary/aromatic N) is 3. The molecule has 1 heterocycles. The van der Waals surface area contributed by atoms with E-state index in [0.717, 1.165) is 18.8 Å². The van der Waals surface area contributed by atoms with Crippen LogP contribution in [0.4, 0.5) is 0 Å². The Morgan fingerprint density at radius 1 is 1.64 bits per heavy atom. The van der Waals surface area contributed by atoms with Crippen LogP contribution in [0.15, 0.2) is 17.3 Å². The Morgan fingerprint density at radius 3 is 3.21 bits per heavy atom. The van der Waals surface area contributed by atoms with Crippen molar-refractivity contribution in [1.29, 1.82) is 5.26 Å². The summed E-state index contributed by atoms with van der Waals surface area (Å²) in [5.74, 6) is 0.890. The van der Waals surface area contributed by atoms with E-state index in [4.69, 9.17) is 10.00 Å². The summed E-state index contributed by atoms with van der Waals surface area (Å²) in [5.41, 5.74) is 0.586. The summed E-state index contributed by atoms with van der Waals surface area (Å²) in [7, 11) is 1.67. The molecule has 14 heavy (non-hydrogen) atoms. The minimum absolute atomic E-state index is 0.586. The predicted molar refractivity (Wildman–Crippen MR) is 54.0 cm³/mol. The van der Waals surface area contributed by atoms with Crippen molar-refractivity contribution in [1.82, 2.24) is 10.2 Å². The van der Waals surface area contributed by atoms with E-state index in [0.29, 0.717) is 10.6 Å². The molecule has 0 aliphatic carbocycles. The van der Waals surface area contributed by atoms with Gasteiger partial charge in [-0.3, -0.25) is 0 Å². The maximum atomic E-state index is 8.77. The molecule has 4 nitrogen and oxygen atoms in total. The van der Waals surface area contributed by atoms with Gasteiger partial charge in [0.15, 0.2) is 0 Å². The first-order valence-electron chi connectivity index (χ1n) is 4.22. The predicted octanol–water partition coefficient (Wildman–Crippen LogP) is 1.48. The van der Waals surface area contributed by atoms with Crippen LogP contribution in [0.25, 0.3) is 0 Å². The van der Waals surface area contributed by atoms with E-state index in [1.165, 1.54) is 18.0 Å². The number of hydrogen-bond acceptors (Lipinski definition) is 5. The lowest BCUT2D eigenvalue weighted by Gasteiger charge is -2.00. The lowest BCUT2D eigenvalue weighted by molar-refractivity contribution is 0.200. The van der Waals surface area contributed by atoms with Gasteiger partial charge in [0, 0.05) is 19.5 Å². The van der Waals surface area contributed by atoms with Gasteiger partial charge in [0.25, 0.3) is 0 Å². The number of hydrogen-bond donors (Lipinski definition) is 0. The Hall–Kier alpha value is -1.12. The summed E-state index contributed by atoms with van der Waals surface area (Å²) >= 11 is 1.54. The lowest BCUT2D eigenvalue weighted by Crippen LogP contribution is -1.93. The molecule has 0 bridgehead atoms. The van der Waals surface area contributed by atoms with Crippen LogP contribution in [-0.4, -0.2) is 29.7 Å². The fourth-order valence-electron chi connectivity index (χ4n) is 0.883. The van der Waals surface area contributed by atoms with Crippen molar-refractivity contribution < 1.29 is 4.74 Å². The first kappa shape index (κ1) is 11.0. The van der Waals surface area contributed by atoms with E-state index in [9.17, 15) is 0 Å². The van der Waals surface area contributed by atoms with E-state index in [-0.39, 0.29) is 0 Å². The summed E-state index contributed by atoms with van der Waals surface area (Å²) in [6, 6.07) is 3.75. The number of aromatic nitrogens is 2.